The Hall–Kier alpha value is -4.12. The number of hydrogen-bond acceptors (Lipinski definition) is 2. The van der Waals surface area contributed by atoms with Crippen LogP contribution < -0.4 is 10.6 Å². The van der Waals surface area contributed by atoms with Crippen LogP contribution in [0.25, 0.3) is 21.8 Å². The highest BCUT2D eigenvalue weighted by atomic mass is 14.9. The van der Waals surface area contributed by atoms with Crippen LogP contribution in [0.5, 0.6) is 0 Å². The topological polar surface area (TPSA) is 55.6 Å². The van der Waals surface area contributed by atoms with Gasteiger partial charge in [-0.2, -0.15) is 0 Å². The lowest BCUT2D eigenvalue weighted by Crippen LogP contribution is -2.23. The SMILES string of the molecule is c1ccc(CCNCCc2c(CC(CCNCCc3ccccc3)CCc3cc4ccccc4[nH]3)[nH]c3ccccc23)cc1. The number of para-hydroxylation sites is 2. The summed E-state index contributed by atoms with van der Waals surface area (Å²) in [5.74, 6) is 0.587. The molecule has 4 N–H and O–H groups in total. The highest BCUT2D eigenvalue weighted by Gasteiger charge is 2.17. The Balaban J connectivity index is 1.10. The second kappa shape index (κ2) is 15.6. The molecule has 4 heteroatoms. The molecule has 6 aromatic rings. The largest absolute Gasteiger partial charge is 0.358 e. The van der Waals surface area contributed by atoms with Crippen molar-refractivity contribution in [1.82, 2.24) is 20.6 Å². The van der Waals surface area contributed by atoms with E-state index in [4.69, 9.17) is 0 Å². The summed E-state index contributed by atoms with van der Waals surface area (Å²) >= 11 is 0. The molecule has 0 bridgehead atoms. The van der Waals surface area contributed by atoms with Crippen molar-refractivity contribution < 1.29 is 0 Å². The number of rotatable bonds is 17. The summed E-state index contributed by atoms with van der Waals surface area (Å²) in [4.78, 5) is 7.51. The third-order valence-corrected chi connectivity index (χ3v) is 8.95. The van der Waals surface area contributed by atoms with Crippen LogP contribution in [0.3, 0.4) is 0 Å². The van der Waals surface area contributed by atoms with Crippen LogP contribution in [0.2, 0.25) is 0 Å². The molecule has 4 aromatic carbocycles. The van der Waals surface area contributed by atoms with Crippen LogP contribution in [-0.4, -0.2) is 36.1 Å². The van der Waals surface area contributed by atoms with Crippen molar-refractivity contribution in [3.05, 3.63) is 143 Å². The monoisotopic (exact) mass is 582 g/mol. The molecule has 0 radical (unpaired) electrons. The zero-order chi connectivity index (χ0) is 29.8. The second-order valence-electron chi connectivity index (χ2n) is 12.1. The average Bonchev–Trinajstić information content (AvgIpc) is 3.65. The van der Waals surface area contributed by atoms with E-state index in [1.807, 2.05) is 0 Å². The smallest absolute Gasteiger partial charge is 0.0458 e. The number of aromatic amines is 2. The Morgan fingerprint density at radius 2 is 1.14 bits per heavy atom. The lowest BCUT2D eigenvalue weighted by Gasteiger charge is -2.18. The summed E-state index contributed by atoms with van der Waals surface area (Å²) in [5, 5.41) is 10.1. The van der Waals surface area contributed by atoms with Gasteiger partial charge < -0.3 is 20.6 Å². The summed E-state index contributed by atoms with van der Waals surface area (Å²) in [6.45, 7) is 4.05. The minimum atomic E-state index is 0.587. The van der Waals surface area contributed by atoms with Crippen LogP contribution in [0, 0.1) is 5.92 Å². The van der Waals surface area contributed by atoms with Gasteiger partial charge in [-0.25, -0.2) is 0 Å². The normalized spacial score (nSPS) is 12.3. The summed E-state index contributed by atoms with van der Waals surface area (Å²) in [6, 6.07) is 41.4. The first-order valence-corrected chi connectivity index (χ1v) is 16.5. The zero-order valence-corrected chi connectivity index (χ0v) is 25.8. The van der Waals surface area contributed by atoms with Crippen molar-refractivity contribution in [3.63, 3.8) is 0 Å². The predicted molar refractivity (Wildman–Crippen MR) is 186 cm³/mol. The molecule has 0 aliphatic rings. The van der Waals surface area contributed by atoms with E-state index >= 15 is 0 Å². The first kappa shape index (κ1) is 29.9. The maximum absolute atomic E-state index is 3.85. The Kier molecular flexibility index (Phi) is 10.6. The van der Waals surface area contributed by atoms with Crippen molar-refractivity contribution in [2.24, 2.45) is 5.92 Å². The lowest BCUT2D eigenvalue weighted by molar-refractivity contribution is 0.428. The molecule has 1 unspecified atom stereocenters. The summed E-state index contributed by atoms with van der Waals surface area (Å²) in [5.41, 5.74) is 9.53. The van der Waals surface area contributed by atoms with Gasteiger partial charge in [0.1, 0.15) is 0 Å². The number of aryl methyl sites for hydroxylation is 1. The van der Waals surface area contributed by atoms with Gasteiger partial charge in [0.05, 0.1) is 0 Å². The van der Waals surface area contributed by atoms with E-state index < -0.39 is 0 Å². The number of aromatic nitrogens is 2. The van der Waals surface area contributed by atoms with Gasteiger partial charge in [-0.15, -0.1) is 0 Å². The third-order valence-electron chi connectivity index (χ3n) is 8.95. The quantitative estimate of drug-likeness (QED) is 0.0823. The van der Waals surface area contributed by atoms with E-state index in [1.54, 1.807) is 0 Å². The van der Waals surface area contributed by atoms with Crippen LogP contribution in [0.15, 0.2) is 115 Å². The van der Waals surface area contributed by atoms with E-state index in [9.17, 15) is 0 Å². The second-order valence-corrected chi connectivity index (χ2v) is 12.1. The molecule has 1 atom stereocenters. The van der Waals surface area contributed by atoms with Gasteiger partial charge in [-0.3, -0.25) is 0 Å². The van der Waals surface area contributed by atoms with E-state index in [0.29, 0.717) is 5.92 Å². The van der Waals surface area contributed by atoms with Gasteiger partial charge in [0, 0.05) is 27.8 Å². The molecule has 2 aromatic heterocycles. The fourth-order valence-corrected chi connectivity index (χ4v) is 6.50. The molecule has 0 fully saturated rings. The summed E-state index contributed by atoms with van der Waals surface area (Å²) in [6.07, 6.45) is 7.65. The van der Waals surface area contributed by atoms with Crippen LogP contribution in [0.4, 0.5) is 0 Å². The Morgan fingerprint density at radius 1 is 0.523 bits per heavy atom. The molecule has 44 heavy (non-hydrogen) atoms. The fraction of sp³-hybridized carbons (Fsp3) is 0.300. The van der Waals surface area contributed by atoms with Gasteiger partial charge in [0.25, 0.3) is 0 Å². The molecular formula is C40H46N4. The molecular weight excluding hydrogens is 536 g/mol. The average molecular weight is 583 g/mol. The van der Waals surface area contributed by atoms with Gasteiger partial charge in [0.2, 0.25) is 0 Å². The lowest BCUT2D eigenvalue weighted by atomic mass is 9.91. The highest BCUT2D eigenvalue weighted by Crippen LogP contribution is 2.28. The Morgan fingerprint density at radius 3 is 1.86 bits per heavy atom. The predicted octanol–water partition coefficient (Wildman–Crippen LogP) is 8.04. The molecule has 0 saturated heterocycles. The Bertz CT molecular complexity index is 1670. The molecule has 2 heterocycles. The van der Waals surface area contributed by atoms with Gasteiger partial charge in [0.15, 0.2) is 0 Å². The molecule has 0 amide bonds. The molecule has 6 rings (SSSR count). The fourth-order valence-electron chi connectivity index (χ4n) is 6.50. The van der Waals surface area contributed by atoms with Crippen LogP contribution in [-0.2, 0) is 32.1 Å². The number of fused-ring (bicyclic) bond motifs is 2. The highest BCUT2D eigenvalue weighted by molar-refractivity contribution is 5.84. The minimum Gasteiger partial charge on any atom is -0.358 e. The molecule has 226 valence electrons. The molecule has 0 spiro atoms. The summed E-state index contributed by atoms with van der Waals surface area (Å²) < 4.78 is 0. The Labute approximate surface area is 262 Å². The van der Waals surface area contributed by atoms with E-state index in [0.717, 1.165) is 64.7 Å². The number of hydrogen-bond donors (Lipinski definition) is 4. The van der Waals surface area contributed by atoms with Crippen molar-refractivity contribution in [3.8, 4) is 0 Å². The maximum Gasteiger partial charge on any atom is 0.0458 e. The van der Waals surface area contributed by atoms with E-state index in [1.165, 1.54) is 56.3 Å². The van der Waals surface area contributed by atoms with Crippen LogP contribution in [0.1, 0.15) is 40.9 Å². The van der Waals surface area contributed by atoms with Crippen LogP contribution >= 0.6 is 0 Å². The molecule has 0 saturated carbocycles. The van der Waals surface area contributed by atoms with E-state index in [2.05, 4.69) is 136 Å². The van der Waals surface area contributed by atoms with Gasteiger partial charge in [-0.05, 0) is 117 Å². The van der Waals surface area contributed by atoms with Crippen molar-refractivity contribution >= 4 is 21.8 Å². The van der Waals surface area contributed by atoms with Crippen molar-refractivity contribution in [2.75, 3.05) is 26.2 Å². The standard InChI is InChI=1S/C40H46N4/c1-3-11-31(12-4-1)21-25-41-27-23-33(19-20-35-30-34-15-7-9-17-38(34)43-35)29-40-37(36-16-8-10-18-39(36)44-40)24-28-42-26-22-32-13-5-2-6-14-32/h1-18,30,33,41-44H,19-29H2. The maximum atomic E-state index is 3.85. The number of H-pyrrole nitrogens is 2. The first-order chi connectivity index (χ1) is 21.8. The molecule has 0 aliphatic heterocycles. The molecule has 0 aliphatic carbocycles. The van der Waals surface area contributed by atoms with Gasteiger partial charge >= 0.3 is 0 Å². The van der Waals surface area contributed by atoms with E-state index in [-0.39, 0.29) is 0 Å². The van der Waals surface area contributed by atoms with Crippen molar-refractivity contribution in [2.45, 2.75) is 44.9 Å². The third kappa shape index (κ3) is 8.28. The summed E-state index contributed by atoms with van der Waals surface area (Å²) in [7, 11) is 0. The number of nitrogens with one attached hydrogen (secondary N) is 4. The van der Waals surface area contributed by atoms with Crippen molar-refractivity contribution in [1.29, 1.82) is 0 Å². The first-order valence-electron chi connectivity index (χ1n) is 16.5. The minimum absolute atomic E-state index is 0.587. The number of benzene rings is 4. The zero-order valence-electron chi connectivity index (χ0n) is 25.8. The van der Waals surface area contributed by atoms with Gasteiger partial charge in [-0.1, -0.05) is 97.1 Å². The molecule has 4 nitrogen and oxygen atoms in total.